The van der Waals surface area contributed by atoms with Crippen molar-refractivity contribution in [2.24, 2.45) is 11.8 Å². The predicted molar refractivity (Wildman–Crippen MR) is 75.7 cm³/mol. The molecular formula is C15H26N2O. The molecule has 0 aliphatic heterocycles. The molecule has 0 aliphatic carbocycles. The normalized spacial score (nSPS) is 11.2. The summed E-state index contributed by atoms with van der Waals surface area (Å²) in [6, 6.07) is 4.03. The van der Waals surface area contributed by atoms with Gasteiger partial charge >= 0.3 is 0 Å². The van der Waals surface area contributed by atoms with Crippen molar-refractivity contribution in [3.8, 4) is 5.75 Å². The zero-order valence-corrected chi connectivity index (χ0v) is 12.1. The highest BCUT2D eigenvalue weighted by atomic mass is 16.5. The van der Waals surface area contributed by atoms with E-state index in [0.29, 0.717) is 11.8 Å². The van der Waals surface area contributed by atoms with Gasteiger partial charge in [-0.2, -0.15) is 0 Å². The molecule has 1 aromatic rings. The fraction of sp³-hybridized carbons (Fsp3) is 0.667. The van der Waals surface area contributed by atoms with Crippen molar-refractivity contribution in [3.05, 3.63) is 24.0 Å². The molecule has 0 spiro atoms. The summed E-state index contributed by atoms with van der Waals surface area (Å²) in [5.41, 5.74) is 1.06. The molecule has 0 radical (unpaired) electrons. The highest BCUT2D eigenvalue weighted by Gasteiger charge is 1.99. The molecule has 0 aliphatic rings. The van der Waals surface area contributed by atoms with Crippen molar-refractivity contribution in [1.82, 2.24) is 10.3 Å². The Labute approximate surface area is 111 Å². The van der Waals surface area contributed by atoms with Gasteiger partial charge in [0, 0.05) is 6.54 Å². The maximum Gasteiger partial charge on any atom is 0.137 e. The SMILES string of the molecule is CC(C)CCOc1ccc(CNCC(C)C)nc1. The summed E-state index contributed by atoms with van der Waals surface area (Å²) in [5, 5.41) is 3.38. The Morgan fingerprint density at radius 3 is 2.50 bits per heavy atom. The van der Waals surface area contributed by atoms with E-state index in [9.17, 15) is 0 Å². The van der Waals surface area contributed by atoms with Crippen LogP contribution in [0.25, 0.3) is 0 Å². The van der Waals surface area contributed by atoms with Crippen LogP contribution >= 0.6 is 0 Å². The Balaban J connectivity index is 2.28. The second kappa shape index (κ2) is 8.09. The molecule has 1 rings (SSSR count). The van der Waals surface area contributed by atoms with Gasteiger partial charge in [0.25, 0.3) is 0 Å². The van der Waals surface area contributed by atoms with Gasteiger partial charge in [-0.15, -0.1) is 0 Å². The number of hydrogen-bond donors (Lipinski definition) is 1. The van der Waals surface area contributed by atoms with E-state index >= 15 is 0 Å². The van der Waals surface area contributed by atoms with Crippen LogP contribution in [0.5, 0.6) is 5.75 Å². The molecule has 18 heavy (non-hydrogen) atoms. The standard InChI is InChI=1S/C15H26N2O/c1-12(2)7-8-18-15-6-5-14(17-11-15)10-16-9-13(3)4/h5-6,11-13,16H,7-10H2,1-4H3. The fourth-order valence-corrected chi connectivity index (χ4v) is 1.50. The number of nitrogens with one attached hydrogen (secondary N) is 1. The van der Waals surface area contributed by atoms with E-state index in [2.05, 4.69) is 38.0 Å². The molecular weight excluding hydrogens is 224 g/mol. The summed E-state index contributed by atoms with van der Waals surface area (Å²) in [7, 11) is 0. The van der Waals surface area contributed by atoms with Gasteiger partial charge in [0.2, 0.25) is 0 Å². The Kier molecular flexibility index (Phi) is 6.73. The molecule has 0 saturated heterocycles. The average Bonchev–Trinajstić information content (AvgIpc) is 2.30. The molecule has 1 heterocycles. The van der Waals surface area contributed by atoms with E-state index < -0.39 is 0 Å². The van der Waals surface area contributed by atoms with Crippen LogP contribution < -0.4 is 10.1 Å². The molecule has 0 atom stereocenters. The van der Waals surface area contributed by atoms with Crippen molar-refractivity contribution < 1.29 is 4.74 Å². The number of aromatic nitrogens is 1. The molecule has 0 amide bonds. The first-order chi connectivity index (χ1) is 8.58. The average molecular weight is 250 g/mol. The van der Waals surface area contributed by atoms with E-state index in [1.54, 1.807) is 0 Å². The summed E-state index contributed by atoms with van der Waals surface area (Å²) < 4.78 is 5.63. The van der Waals surface area contributed by atoms with Gasteiger partial charge in [0.15, 0.2) is 0 Å². The van der Waals surface area contributed by atoms with E-state index in [4.69, 9.17) is 4.74 Å². The Morgan fingerprint density at radius 2 is 1.94 bits per heavy atom. The first-order valence-corrected chi connectivity index (χ1v) is 6.86. The second-order valence-corrected chi connectivity index (χ2v) is 5.54. The van der Waals surface area contributed by atoms with Crippen LogP contribution in [0, 0.1) is 11.8 Å². The minimum atomic E-state index is 0.670. The summed E-state index contributed by atoms with van der Waals surface area (Å²) >= 11 is 0. The highest BCUT2D eigenvalue weighted by molar-refractivity contribution is 5.19. The Morgan fingerprint density at radius 1 is 1.17 bits per heavy atom. The van der Waals surface area contributed by atoms with Crippen LogP contribution in [-0.4, -0.2) is 18.1 Å². The molecule has 3 heteroatoms. The maximum absolute atomic E-state index is 5.63. The number of nitrogens with zero attached hydrogens (tertiary/aromatic N) is 1. The smallest absolute Gasteiger partial charge is 0.137 e. The Hall–Kier alpha value is -1.09. The lowest BCUT2D eigenvalue weighted by molar-refractivity contribution is 0.288. The first kappa shape index (κ1) is 15.0. The topological polar surface area (TPSA) is 34.1 Å². The van der Waals surface area contributed by atoms with Gasteiger partial charge in [-0.1, -0.05) is 27.7 Å². The summed E-state index contributed by atoms with van der Waals surface area (Å²) in [6.45, 7) is 11.4. The van der Waals surface area contributed by atoms with Crippen LogP contribution in [0.4, 0.5) is 0 Å². The zero-order chi connectivity index (χ0) is 13.4. The fourth-order valence-electron chi connectivity index (χ4n) is 1.50. The molecule has 0 fully saturated rings. The molecule has 0 unspecified atom stereocenters. The van der Waals surface area contributed by atoms with Gasteiger partial charge in [0.1, 0.15) is 5.75 Å². The highest BCUT2D eigenvalue weighted by Crippen LogP contribution is 2.10. The molecule has 0 aromatic carbocycles. The number of rotatable bonds is 8. The van der Waals surface area contributed by atoms with Gasteiger partial charge in [-0.05, 0) is 36.9 Å². The van der Waals surface area contributed by atoms with Gasteiger partial charge in [0.05, 0.1) is 18.5 Å². The Bertz CT molecular complexity index is 287. The molecule has 3 nitrogen and oxygen atoms in total. The maximum atomic E-state index is 5.63. The molecule has 1 aromatic heterocycles. The number of pyridine rings is 1. The lowest BCUT2D eigenvalue weighted by Gasteiger charge is -2.09. The third-order valence-corrected chi connectivity index (χ3v) is 2.62. The largest absolute Gasteiger partial charge is 0.492 e. The zero-order valence-electron chi connectivity index (χ0n) is 12.1. The predicted octanol–water partition coefficient (Wildman–Crippen LogP) is 3.25. The van der Waals surface area contributed by atoms with E-state index in [0.717, 1.165) is 37.6 Å². The van der Waals surface area contributed by atoms with Crippen molar-refractivity contribution in [1.29, 1.82) is 0 Å². The van der Waals surface area contributed by atoms with Crippen LogP contribution in [0.2, 0.25) is 0 Å². The van der Waals surface area contributed by atoms with Crippen LogP contribution in [0.1, 0.15) is 39.8 Å². The molecule has 0 saturated carbocycles. The lowest BCUT2D eigenvalue weighted by Crippen LogP contribution is -2.19. The van der Waals surface area contributed by atoms with Crippen molar-refractivity contribution in [2.75, 3.05) is 13.2 Å². The van der Waals surface area contributed by atoms with Gasteiger partial charge in [-0.25, -0.2) is 0 Å². The number of ether oxygens (including phenoxy) is 1. The summed E-state index contributed by atoms with van der Waals surface area (Å²) in [4.78, 5) is 4.39. The van der Waals surface area contributed by atoms with E-state index in [1.807, 2.05) is 18.3 Å². The van der Waals surface area contributed by atoms with E-state index in [-0.39, 0.29) is 0 Å². The van der Waals surface area contributed by atoms with Gasteiger partial charge < -0.3 is 10.1 Å². The van der Waals surface area contributed by atoms with Crippen LogP contribution in [0.3, 0.4) is 0 Å². The molecule has 1 N–H and O–H groups in total. The minimum absolute atomic E-state index is 0.670. The van der Waals surface area contributed by atoms with Crippen molar-refractivity contribution >= 4 is 0 Å². The number of hydrogen-bond acceptors (Lipinski definition) is 3. The summed E-state index contributed by atoms with van der Waals surface area (Å²) in [6.07, 6.45) is 2.89. The van der Waals surface area contributed by atoms with E-state index in [1.165, 1.54) is 0 Å². The summed E-state index contributed by atoms with van der Waals surface area (Å²) in [5.74, 6) is 2.21. The third kappa shape index (κ3) is 6.60. The molecule has 0 bridgehead atoms. The van der Waals surface area contributed by atoms with Crippen molar-refractivity contribution in [2.45, 2.75) is 40.7 Å². The van der Waals surface area contributed by atoms with Gasteiger partial charge in [-0.3, -0.25) is 4.98 Å². The molecule has 102 valence electrons. The lowest BCUT2D eigenvalue weighted by atomic mass is 10.1. The minimum Gasteiger partial charge on any atom is -0.492 e. The van der Waals surface area contributed by atoms with Crippen LogP contribution in [-0.2, 0) is 6.54 Å². The quantitative estimate of drug-likeness (QED) is 0.769. The second-order valence-electron chi connectivity index (χ2n) is 5.54. The first-order valence-electron chi connectivity index (χ1n) is 6.86. The monoisotopic (exact) mass is 250 g/mol. The third-order valence-electron chi connectivity index (χ3n) is 2.62. The van der Waals surface area contributed by atoms with Crippen molar-refractivity contribution in [3.63, 3.8) is 0 Å². The van der Waals surface area contributed by atoms with Crippen LogP contribution in [0.15, 0.2) is 18.3 Å².